The third-order valence-electron chi connectivity index (χ3n) is 1.35. The summed E-state index contributed by atoms with van der Waals surface area (Å²) < 4.78 is 0. The highest BCUT2D eigenvalue weighted by molar-refractivity contribution is 9.09. The lowest BCUT2D eigenvalue weighted by molar-refractivity contribution is 0.358. The van der Waals surface area contributed by atoms with Gasteiger partial charge < -0.3 is 4.90 Å². The molecule has 0 aliphatic carbocycles. The molecule has 1 nitrogen and oxygen atoms in total. The quantitative estimate of drug-likeness (QED) is 0.504. The average molecular weight is 226 g/mol. The van der Waals surface area contributed by atoms with Crippen LogP contribution in [-0.4, -0.2) is 42.4 Å². The van der Waals surface area contributed by atoms with E-state index < -0.39 is 0 Å². The monoisotopic (exact) mass is 225 g/mol. The molecule has 0 aromatic heterocycles. The van der Waals surface area contributed by atoms with E-state index in [1.807, 2.05) is 11.8 Å². The summed E-state index contributed by atoms with van der Waals surface area (Å²) in [7, 11) is 2.17. The molecule has 10 heavy (non-hydrogen) atoms. The molecular formula is C7H16BrNS. The van der Waals surface area contributed by atoms with E-state index in [4.69, 9.17) is 0 Å². The molecule has 0 radical (unpaired) electrons. The van der Waals surface area contributed by atoms with Gasteiger partial charge in [-0.15, -0.1) is 0 Å². The van der Waals surface area contributed by atoms with Gasteiger partial charge in [-0.25, -0.2) is 0 Å². The first-order chi connectivity index (χ1) is 4.81. The summed E-state index contributed by atoms with van der Waals surface area (Å²) in [6.45, 7) is 2.39. The van der Waals surface area contributed by atoms with E-state index in [1.54, 1.807) is 0 Å². The van der Waals surface area contributed by atoms with E-state index in [9.17, 15) is 0 Å². The van der Waals surface area contributed by atoms with Crippen LogP contribution in [0.15, 0.2) is 0 Å². The van der Waals surface area contributed by atoms with Gasteiger partial charge in [-0.1, -0.05) is 15.9 Å². The number of halogens is 1. The fraction of sp³-hybridized carbons (Fsp3) is 1.00. The third-order valence-corrected chi connectivity index (χ3v) is 2.41. The van der Waals surface area contributed by atoms with Gasteiger partial charge >= 0.3 is 0 Å². The number of hydrogen-bond acceptors (Lipinski definition) is 2. The molecule has 0 fully saturated rings. The Bertz CT molecular complexity index is 70.6. The van der Waals surface area contributed by atoms with Gasteiger partial charge in [0.15, 0.2) is 0 Å². The zero-order valence-corrected chi connectivity index (χ0v) is 9.17. The van der Waals surface area contributed by atoms with Crippen molar-refractivity contribution in [2.24, 2.45) is 0 Å². The Morgan fingerprint density at radius 3 is 2.60 bits per heavy atom. The molecule has 0 atom stereocenters. The summed E-state index contributed by atoms with van der Waals surface area (Å²) in [5, 5.41) is 1.09. The Morgan fingerprint density at radius 1 is 1.40 bits per heavy atom. The molecule has 0 unspecified atom stereocenters. The maximum absolute atomic E-state index is 3.41. The van der Waals surface area contributed by atoms with Gasteiger partial charge in [0.05, 0.1) is 0 Å². The fourth-order valence-corrected chi connectivity index (χ4v) is 1.76. The van der Waals surface area contributed by atoms with E-state index in [1.165, 1.54) is 18.7 Å². The van der Waals surface area contributed by atoms with Gasteiger partial charge in [0.1, 0.15) is 0 Å². The molecule has 0 bridgehead atoms. The van der Waals surface area contributed by atoms with Gasteiger partial charge in [0.25, 0.3) is 0 Å². The minimum atomic E-state index is 1.09. The van der Waals surface area contributed by atoms with E-state index in [-0.39, 0.29) is 0 Å². The second-order valence-electron chi connectivity index (χ2n) is 2.34. The van der Waals surface area contributed by atoms with Crippen molar-refractivity contribution in [3.05, 3.63) is 0 Å². The zero-order valence-electron chi connectivity index (χ0n) is 6.77. The van der Waals surface area contributed by atoms with Crippen molar-refractivity contribution in [2.45, 2.75) is 6.42 Å². The highest BCUT2D eigenvalue weighted by atomic mass is 79.9. The lowest BCUT2D eigenvalue weighted by atomic mass is 10.4. The average Bonchev–Trinajstić information content (AvgIpc) is 1.89. The smallest absolute Gasteiger partial charge is 0.0159 e. The summed E-state index contributed by atoms with van der Waals surface area (Å²) in [6.07, 6.45) is 3.47. The van der Waals surface area contributed by atoms with E-state index in [2.05, 4.69) is 34.1 Å². The summed E-state index contributed by atoms with van der Waals surface area (Å²) in [5.74, 6) is 1.28. The second kappa shape index (κ2) is 7.89. The SMILES string of the molecule is CSCCCN(C)CCBr. The summed E-state index contributed by atoms with van der Waals surface area (Å²) in [5.41, 5.74) is 0. The molecule has 0 aromatic carbocycles. The summed E-state index contributed by atoms with van der Waals surface area (Å²) in [4.78, 5) is 2.35. The largest absolute Gasteiger partial charge is 0.306 e. The van der Waals surface area contributed by atoms with Crippen LogP contribution in [0.1, 0.15) is 6.42 Å². The number of nitrogens with zero attached hydrogens (tertiary/aromatic N) is 1. The molecule has 62 valence electrons. The van der Waals surface area contributed by atoms with Gasteiger partial charge in [-0.05, 0) is 32.0 Å². The van der Waals surface area contributed by atoms with Crippen LogP contribution in [0.3, 0.4) is 0 Å². The Balaban J connectivity index is 2.97. The van der Waals surface area contributed by atoms with Crippen LogP contribution in [0.5, 0.6) is 0 Å². The fourth-order valence-electron chi connectivity index (χ4n) is 0.735. The number of rotatable bonds is 6. The predicted molar refractivity (Wildman–Crippen MR) is 54.3 cm³/mol. The molecule has 0 rings (SSSR count). The van der Waals surface area contributed by atoms with E-state index in [0.29, 0.717) is 0 Å². The van der Waals surface area contributed by atoms with Crippen LogP contribution in [0.2, 0.25) is 0 Å². The highest BCUT2D eigenvalue weighted by Crippen LogP contribution is 1.97. The normalized spacial score (nSPS) is 10.8. The molecule has 0 aliphatic rings. The van der Waals surface area contributed by atoms with Crippen LogP contribution in [0, 0.1) is 0 Å². The van der Waals surface area contributed by atoms with Crippen molar-refractivity contribution in [1.82, 2.24) is 4.90 Å². The zero-order chi connectivity index (χ0) is 7.82. The van der Waals surface area contributed by atoms with Crippen molar-refractivity contribution in [2.75, 3.05) is 37.5 Å². The van der Waals surface area contributed by atoms with Crippen LogP contribution in [0.4, 0.5) is 0 Å². The molecule has 0 heterocycles. The Labute approximate surface area is 76.7 Å². The Morgan fingerprint density at radius 2 is 2.10 bits per heavy atom. The first-order valence-electron chi connectivity index (χ1n) is 3.54. The topological polar surface area (TPSA) is 3.24 Å². The third kappa shape index (κ3) is 6.90. The van der Waals surface area contributed by atoms with Crippen molar-refractivity contribution < 1.29 is 0 Å². The molecule has 0 saturated heterocycles. The maximum atomic E-state index is 3.41. The Hall–Kier alpha value is 0.790. The molecule has 0 amide bonds. The molecule has 0 N–H and O–H groups in total. The van der Waals surface area contributed by atoms with Gasteiger partial charge in [0, 0.05) is 11.9 Å². The van der Waals surface area contributed by atoms with Gasteiger partial charge in [-0.2, -0.15) is 11.8 Å². The number of hydrogen-bond donors (Lipinski definition) is 0. The van der Waals surface area contributed by atoms with Crippen molar-refractivity contribution >= 4 is 27.7 Å². The number of thioether (sulfide) groups is 1. The lowest BCUT2D eigenvalue weighted by Crippen LogP contribution is -2.22. The van der Waals surface area contributed by atoms with E-state index in [0.717, 1.165) is 11.9 Å². The van der Waals surface area contributed by atoms with Gasteiger partial charge in [-0.3, -0.25) is 0 Å². The first-order valence-corrected chi connectivity index (χ1v) is 6.06. The van der Waals surface area contributed by atoms with Crippen LogP contribution in [-0.2, 0) is 0 Å². The summed E-state index contributed by atoms with van der Waals surface area (Å²) in [6, 6.07) is 0. The summed E-state index contributed by atoms with van der Waals surface area (Å²) >= 11 is 5.34. The molecule has 0 spiro atoms. The number of alkyl halides is 1. The first kappa shape index (κ1) is 10.8. The highest BCUT2D eigenvalue weighted by Gasteiger charge is 1.94. The predicted octanol–water partition coefficient (Wildman–Crippen LogP) is 2.07. The standard InChI is InChI=1S/C7H16BrNS/c1-9(6-4-8)5-3-7-10-2/h3-7H2,1-2H3. The van der Waals surface area contributed by atoms with Crippen LogP contribution in [0.25, 0.3) is 0 Å². The van der Waals surface area contributed by atoms with Crippen LogP contribution < -0.4 is 0 Å². The van der Waals surface area contributed by atoms with Crippen molar-refractivity contribution in [3.63, 3.8) is 0 Å². The molecule has 3 heteroatoms. The molecule has 0 aromatic rings. The molecular weight excluding hydrogens is 210 g/mol. The molecule has 0 saturated carbocycles. The second-order valence-corrected chi connectivity index (χ2v) is 4.12. The van der Waals surface area contributed by atoms with E-state index >= 15 is 0 Å². The minimum Gasteiger partial charge on any atom is -0.306 e. The maximum Gasteiger partial charge on any atom is 0.0159 e. The van der Waals surface area contributed by atoms with Gasteiger partial charge in [0.2, 0.25) is 0 Å². The lowest BCUT2D eigenvalue weighted by Gasteiger charge is -2.13. The van der Waals surface area contributed by atoms with Crippen LogP contribution >= 0.6 is 27.7 Å². The minimum absolute atomic E-state index is 1.09. The Kier molecular flexibility index (Phi) is 8.52. The van der Waals surface area contributed by atoms with Crippen molar-refractivity contribution in [3.8, 4) is 0 Å². The molecule has 0 aliphatic heterocycles. The van der Waals surface area contributed by atoms with Crippen molar-refractivity contribution in [1.29, 1.82) is 0 Å².